The third kappa shape index (κ3) is 3.44. The largest absolute Gasteiger partial charge is 0.492 e. The fraction of sp³-hybridized carbons (Fsp3) is 0.650. The van der Waals surface area contributed by atoms with E-state index in [0.717, 1.165) is 43.1 Å². The standard InChI is InChI=1S/C20H28N2O2/c23-20(21-12-16-9-8-15-5-3-6-18(15)16)14-22-10-11-24-19-7-2-1-4-17(19)13-22/h1-2,4,7,15-16,18H,3,5-6,8-14H2,(H,21,23)/t15-,16+,18-/m0/s1. The van der Waals surface area contributed by atoms with Gasteiger partial charge in [-0.25, -0.2) is 0 Å². The van der Waals surface area contributed by atoms with Gasteiger partial charge in [0.25, 0.3) is 0 Å². The summed E-state index contributed by atoms with van der Waals surface area (Å²) in [5.74, 6) is 3.67. The molecule has 24 heavy (non-hydrogen) atoms. The molecule has 4 rings (SSSR count). The second-order valence-electron chi connectivity index (χ2n) is 7.66. The van der Waals surface area contributed by atoms with E-state index in [1.807, 2.05) is 18.2 Å². The van der Waals surface area contributed by atoms with E-state index >= 15 is 0 Å². The molecule has 1 N–H and O–H groups in total. The van der Waals surface area contributed by atoms with Crippen molar-refractivity contribution < 1.29 is 9.53 Å². The third-order valence-corrected chi connectivity index (χ3v) is 6.19. The summed E-state index contributed by atoms with van der Waals surface area (Å²) in [6.45, 7) is 3.59. The number of benzene rings is 1. The van der Waals surface area contributed by atoms with Crippen molar-refractivity contribution >= 4 is 5.91 Å². The minimum atomic E-state index is 0.163. The second-order valence-corrected chi connectivity index (χ2v) is 7.66. The van der Waals surface area contributed by atoms with E-state index in [1.165, 1.54) is 37.7 Å². The Kier molecular flexibility index (Phi) is 4.74. The van der Waals surface area contributed by atoms with Gasteiger partial charge in [-0.1, -0.05) is 31.0 Å². The van der Waals surface area contributed by atoms with Crippen LogP contribution in [-0.4, -0.2) is 37.0 Å². The molecule has 4 heteroatoms. The Bertz CT molecular complexity index is 589. The zero-order valence-corrected chi connectivity index (χ0v) is 14.4. The van der Waals surface area contributed by atoms with Gasteiger partial charge in [0.15, 0.2) is 0 Å². The van der Waals surface area contributed by atoms with Crippen LogP contribution in [0.2, 0.25) is 0 Å². The first kappa shape index (κ1) is 15.9. The SMILES string of the molecule is O=C(CN1CCOc2ccccc2C1)NC[C@H]1CC[C@@H]2CCC[C@@H]21. The lowest BCUT2D eigenvalue weighted by molar-refractivity contribution is -0.122. The van der Waals surface area contributed by atoms with Gasteiger partial charge >= 0.3 is 0 Å². The van der Waals surface area contributed by atoms with Gasteiger partial charge in [0.05, 0.1) is 6.54 Å². The first-order valence-corrected chi connectivity index (χ1v) is 9.49. The van der Waals surface area contributed by atoms with Crippen LogP contribution in [-0.2, 0) is 11.3 Å². The Morgan fingerprint density at radius 1 is 1.21 bits per heavy atom. The van der Waals surface area contributed by atoms with Crippen molar-refractivity contribution in [3.63, 3.8) is 0 Å². The number of fused-ring (bicyclic) bond motifs is 2. The molecule has 2 fully saturated rings. The van der Waals surface area contributed by atoms with Crippen molar-refractivity contribution in [1.29, 1.82) is 0 Å². The van der Waals surface area contributed by atoms with Crippen molar-refractivity contribution in [3.05, 3.63) is 29.8 Å². The van der Waals surface area contributed by atoms with Crippen LogP contribution >= 0.6 is 0 Å². The van der Waals surface area contributed by atoms with Crippen LogP contribution in [0.15, 0.2) is 24.3 Å². The number of rotatable bonds is 4. The van der Waals surface area contributed by atoms with Gasteiger partial charge in [0, 0.05) is 25.2 Å². The molecule has 4 nitrogen and oxygen atoms in total. The van der Waals surface area contributed by atoms with Gasteiger partial charge in [-0.2, -0.15) is 0 Å². The van der Waals surface area contributed by atoms with E-state index in [-0.39, 0.29) is 5.91 Å². The molecule has 1 aliphatic heterocycles. The fourth-order valence-electron chi connectivity index (χ4n) is 4.96. The van der Waals surface area contributed by atoms with E-state index in [2.05, 4.69) is 16.3 Å². The Labute approximate surface area is 144 Å². The summed E-state index contributed by atoms with van der Waals surface area (Å²) >= 11 is 0. The molecule has 0 bridgehead atoms. The lowest BCUT2D eigenvalue weighted by atomic mass is 9.92. The summed E-state index contributed by atoms with van der Waals surface area (Å²) in [5.41, 5.74) is 1.17. The minimum Gasteiger partial charge on any atom is -0.492 e. The number of amides is 1. The quantitative estimate of drug-likeness (QED) is 0.924. The molecule has 1 aromatic rings. The van der Waals surface area contributed by atoms with Crippen LogP contribution in [0.5, 0.6) is 5.75 Å². The molecular formula is C20H28N2O2. The minimum absolute atomic E-state index is 0.163. The number of ether oxygens (including phenoxy) is 1. The molecule has 1 heterocycles. The lowest BCUT2D eigenvalue weighted by Crippen LogP contribution is -2.40. The molecule has 0 unspecified atom stereocenters. The molecular weight excluding hydrogens is 300 g/mol. The topological polar surface area (TPSA) is 41.6 Å². The summed E-state index contributed by atoms with van der Waals surface area (Å²) in [6, 6.07) is 8.13. The fourth-order valence-corrected chi connectivity index (χ4v) is 4.96. The number of nitrogens with one attached hydrogen (secondary N) is 1. The van der Waals surface area contributed by atoms with Crippen molar-refractivity contribution in [2.24, 2.45) is 17.8 Å². The number of carbonyl (C=O) groups is 1. The highest BCUT2D eigenvalue weighted by molar-refractivity contribution is 5.78. The molecule has 130 valence electrons. The van der Waals surface area contributed by atoms with E-state index < -0.39 is 0 Å². The van der Waals surface area contributed by atoms with E-state index in [4.69, 9.17) is 4.74 Å². The average molecular weight is 328 g/mol. The van der Waals surface area contributed by atoms with Crippen LogP contribution in [0.1, 0.15) is 37.7 Å². The molecule has 0 spiro atoms. The molecule has 0 saturated heterocycles. The van der Waals surface area contributed by atoms with Crippen molar-refractivity contribution in [3.8, 4) is 5.75 Å². The zero-order valence-electron chi connectivity index (χ0n) is 14.4. The lowest BCUT2D eigenvalue weighted by Gasteiger charge is -2.21. The molecule has 3 aliphatic rings. The summed E-state index contributed by atoms with van der Waals surface area (Å²) in [6.07, 6.45) is 6.88. The maximum Gasteiger partial charge on any atom is 0.234 e. The molecule has 2 saturated carbocycles. The van der Waals surface area contributed by atoms with Crippen LogP contribution < -0.4 is 10.1 Å². The highest BCUT2D eigenvalue weighted by Crippen LogP contribution is 2.47. The van der Waals surface area contributed by atoms with Crippen LogP contribution in [0.3, 0.4) is 0 Å². The molecule has 0 aromatic heterocycles. The van der Waals surface area contributed by atoms with Crippen molar-refractivity contribution in [2.75, 3.05) is 26.2 Å². The van der Waals surface area contributed by atoms with E-state index in [0.29, 0.717) is 13.2 Å². The average Bonchev–Trinajstić information content (AvgIpc) is 3.12. The molecule has 1 amide bonds. The maximum atomic E-state index is 12.4. The smallest absolute Gasteiger partial charge is 0.234 e. The number of carbonyl (C=O) groups excluding carboxylic acids is 1. The van der Waals surface area contributed by atoms with Gasteiger partial charge in [-0.3, -0.25) is 9.69 Å². The monoisotopic (exact) mass is 328 g/mol. The second kappa shape index (κ2) is 7.14. The number of hydrogen-bond acceptors (Lipinski definition) is 3. The van der Waals surface area contributed by atoms with Gasteiger partial charge < -0.3 is 10.1 Å². The number of nitrogens with zero attached hydrogens (tertiary/aromatic N) is 1. The summed E-state index contributed by atoms with van der Waals surface area (Å²) < 4.78 is 5.78. The molecule has 1 aromatic carbocycles. The Morgan fingerprint density at radius 2 is 2.12 bits per heavy atom. The highest BCUT2D eigenvalue weighted by Gasteiger charge is 2.38. The van der Waals surface area contributed by atoms with Crippen LogP contribution in [0, 0.1) is 17.8 Å². The predicted molar refractivity (Wildman–Crippen MR) is 93.8 cm³/mol. The molecule has 2 aliphatic carbocycles. The van der Waals surface area contributed by atoms with Gasteiger partial charge in [0.1, 0.15) is 12.4 Å². The van der Waals surface area contributed by atoms with E-state index in [9.17, 15) is 4.79 Å². The normalized spacial score (nSPS) is 29.4. The van der Waals surface area contributed by atoms with Crippen LogP contribution in [0.4, 0.5) is 0 Å². The van der Waals surface area contributed by atoms with Crippen molar-refractivity contribution in [1.82, 2.24) is 10.2 Å². The molecule has 3 atom stereocenters. The predicted octanol–water partition coefficient (Wildman–Crippen LogP) is 2.82. The van der Waals surface area contributed by atoms with Gasteiger partial charge in [0.2, 0.25) is 5.91 Å². The third-order valence-electron chi connectivity index (χ3n) is 6.19. The Morgan fingerprint density at radius 3 is 3.08 bits per heavy atom. The highest BCUT2D eigenvalue weighted by atomic mass is 16.5. The summed E-state index contributed by atoms with van der Waals surface area (Å²) in [7, 11) is 0. The Balaban J connectivity index is 1.27. The van der Waals surface area contributed by atoms with Gasteiger partial charge in [-0.05, 0) is 43.1 Å². The number of para-hydroxylation sites is 1. The number of hydrogen-bond donors (Lipinski definition) is 1. The summed E-state index contributed by atoms with van der Waals surface area (Å²) in [4.78, 5) is 14.6. The molecule has 0 radical (unpaired) electrons. The zero-order chi connectivity index (χ0) is 16.4. The first-order valence-electron chi connectivity index (χ1n) is 9.49. The maximum absolute atomic E-state index is 12.4. The Hall–Kier alpha value is -1.55. The van der Waals surface area contributed by atoms with Crippen LogP contribution in [0.25, 0.3) is 0 Å². The van der Waals surface area contributed by atoms with E-state index in [1.54, 1.807) is 0 Å². The first-order chi connectivity index (χ1) is 11.8. The van der Waals surface area contributed by atoms with Crippen molar-refractivity contribution in [2.45, 2.75) is 38.6 Å². The summed E-state index contributed by atoms with van der Waals surface area (Å²) in [5, 5.41) is 3.21. The van der Waals surface area contributed by atoms with Gasteiger partial charge in [-0.15, -0.1) is 0 Å².